The third-order valence-electron chi connectivity index (χ3n) is 3.82. The average molecular weight is 334 g/mol. The molecule has 6 heteroatoms. The standard InChI is InChI=1S/C18H20F2N2O2/c1-12(18(23)21-17-9-6-14(19)10-16(17)20)22(2)11-13-4-7-15(24-3)8-5-13/h4-10,12H,11H2,1-3H3,(H,21,23). The monoisotopic (exact) mass is 334 g/mol. The molecule has 0 aliphatic heterocycles. The van der Waals surface area contributed by atoms with Gasteiger partial charge in [-0.3, -0.25) is 9.69 Å². The number of rotatable bonds is 6. The van der Waals surface area contributed by atoms with Gasteiger partial charge in [0.05, 0.1) is 18.8 Å². The lowest BCUT2D eigenvalue weighted by Crippen LogP contribution is -2.39. The Balaban J connectivity index is 1.98. The second-order valence-corrected chi connectivity index (χ2v) is 5.55. The number of carbonyl (C=O) groups excluding carboxylic acids is 1. The van der Waals surface area contributed by atoms with E-state index >= 15 is 0 Å². The molecule has 4 nitrogen and oxygen atoms in total. The molecular formula is C18H20F2N2O2. The second kappa shape index (κ2) is 7.88. The molecular weight excluding hydrogens is 314 g/mol. The van der Waals surface area contributed by atoms with Crippen LogP contribution >= 0.6 is 0 Å². The maximum atomic E-state index is 13.6. The molecule has 0 radical (unpaired) electrons. The van der Waals surface area contributed by atoms with Crippen LogP contribution < -0.4 is 10.1 Å². The Hall–Kier alpha value is -2.47. The van der Waals surface area contributed by atoms with Gasteiger partial charge in [-0.25, -0.2) is 8.78 Å². The minimum absolute atomic E-state index is 0.0360. The molecule has 0 aliphatic carbocycles. The van der Waals surface area contributed by atoms with Crippen LogP contribution in [0, 0.1) is 11.6 Å². The Morgan fingerprint density at radius 1 is 1.21 bits per heavy atom. The van der Waals surface area contributed by atoms with E-state index in [2.05, 4.69) is 5.32 Å². The second-order valence-electron chi connectivity index (χ2n) is 5.55. The molecule has 2 rings (SSSR count). The number of carbonyl (C=O) groups is 1. The van der Waals surface area contributed by atoms with E-state index in [0.717, 1.165) is 23.4 Å². The lowest BCUT2D eigenvalue weighted by molar-refractivity contribution is -0.120. The summed E-state index contributed by atoms with van der Waals surface area (Å²) in [6, 6.07) is 10.1. The van der Waals surface area contributed by atoms with Gasteiger partial charge in [-0.2, -0.15) is 0 Å². The predicted molar refractivity (Wildman–Crippen MR) is 88.9 cm³/mol. The van der Waals surface area contributed by atoms with Crippen LogP contribution in [0.1, 0.15) is 12.5 Å². The molecule has 2 aromatic carbocycles. The minimum atomic E-state index is -0.798. The fraction of sp³-hybridized carbons (Fsp3) is 0.278. The van der Waals surface area contributed by atoms with Gasteiger partial charge in [0, 0.05) is 12.6 Å². The highest BCUT2D eigenvalue weighted by Crippen LogP contribution is 2.17. The van der Waals surface area contributed by atoms with Crippen molar-refractivity contribution in [2.45, 2.75) is 19.5 Å². The maximum absolute atomic E-state index is 13.6. The first kappa shape index (κ1) is 17.9. The van der Waals surface area contributed by atoms with Crippen molar-refractivity contribution in [1.29, 1.82) is 0 Å². The zero-order valence-electron chi connectivity index (χ0n) is 13.8. The summed E-state index contributed by atoms with van der Waals surface area (Å²) in [6.07, 6.45) is 0. The molecule has 1 atom stereocenters. The molecule has 0 spiro atoms. The molecule has 2 aromatic rings. The number of likely N-dealkylation sites (N-methyl/N-ethyl adjacent to an activating group) is 1. The lowest BCUT2D eigenvalue weighted by Gasteiger charge is -2.24. The third-order valence-corrected chi connectivity index (χ3v) is 3.82. The Morgan fingerprint density at radius 2 is 1.88 bits per heavy atom. The van der Waals surface area contributed by atoms with Crippen LogP contribution in [-0.2, 0) is 11.3 Å². The summed E-state index contributed by atoms with van der Waals surface area (Å²) in [4.78, 5) is 14.1. The molecule has 0 aromatic heterocycles. The lowest BCUT2D eigenvalue weighted by atomic mass is 10.1. The van der Waals surface area contributed by atoms with Crippen LogP contribution in [0.3, 0.4) is 0 Å². The van der Waals surface area contributed by atoms with Crippen LogP contribution in [0.2, 0.25) is 0 Å². The molecule has 1 amide bonds. The summed E-state index contributed by atoms with van der Waals surface area (Å²) in [6.45, 7) is 2.27. The first-order chi connectivity index (χ1) is 11.4. The average Bonchev–Trinajstić information content (AvgIpc) is 2.57. The SMILES string of the molecule is COc1ccc(CN(C)C(C)C(=O)Nc2ccc(F)cc2F)cc1. The summed E-state index contributed by atoms with van der Waals surface area (Å²) < 4.78 is 31.6. The Bertz CT molecular complexity index is 705. The van der Waals surface area contributed by atoms with Crippen LogP contribution in [0.15, 0.2) is 42.5 Å². The molecule has 24 heavy (non-hydrogen) atoms. The quantitative estimate of drug-likeness (QED) is 0.880. The number of hydrogen-bond acceptors (Lipinski definition) is 3. The Kier molecular flexibility index (Phi) is 5.87. The predicted octanol–water partition coefficient (Wildman–Crippen LogP) is 3.43. The zero-order valence-corrected chi connectivity index (χ0v) is 13.8. The van der Waals surface area contributed by atoms with E-state index in [-0.39, 0.29) is 11.6 Å². The summed E-state index contributed by atoms with van der Waals surface area (Å²) in [7, 11) is 3.40. The van der Waals surface area contributed by atoms with E-state index in [4.69, 9.17) is 4.74 Å². The molecule has 0 saturated heterocycles. The van der Waals surface area contributed by atoms with Crippen LogP contribution in [0.5, 0.6) is 5.75 Å². The van der Waals surface area contributed by atoms with E-state index in [1.165, 1.54) is 6.07 Å². The van der Waals surface area contributed by atoms with Gasteiger partial charge >= 0.3 is 0 Å². The van der Waals surface area contributed by atoms with Crippen LogP contribution in [-0.4, -0.2) is 31.0 Å². The van der Waals surface area contributed by atoms with Crippen molar-refractivity contribution in [3.63, 3.8) is 0 Å². The van der Waals surface area contributed by atoms with Gasteiger partial charge in [0.2, 0.25) is 5.91 Å². The van der Waals surface area contributed by atoms with Gasteiger partial charge in [0.1, 0.15) is 17.4 Å². The molecule has 0 bridgehead atoms. The first-order valence-electron chi connectivity index (χ1n) is 7.50. The summed E-state index contributed by atoms with van der Waals surface area (Å²) in [5, 5.41) is 2.48. The molecule has 1 N–H and O–H groups in total. The summed E-state index contributed by atoms with van der Waals surface area (Å²) in [5.41, 5.74) is 0.983. The smallest absolute Gasteiger partial charge is 0.241 e. The summed E-state index contributed by atoms with van der Waals surface area (Å²) in [5.74, 6) is -1.08. The minimum Gasteiger partial charge on any atom is -0.497 e. The van der Waals surface area contributed by atoms with E-state index in [1.54, 1.807) is 21.1 Å². The topological polar surface area (TPSA) is 41.6 Å². The third kappa shape index (κ3) is 4.52. The van der Waals surface area contributed by atoms with E-state index < -0.39 is 17.7 Å². The van der Waals surface area contributed by atoms with Gasteiger partial charge < -0.3 is 10.1 Å². The molecule has 0 saturated carbocycles. The van der Waals surface area contributed by atoms with E-state index in [1.807, 2.05) is 29.2 Å². The maximum Gasteiger partial charge on any atom is 0.241 e. The largest absolute Gasteiger partial charge is 0.497 e. The van der Waals surface area contributed by atoms with Gasteiger partial charge in [-0.05, 0) is 43.8 Å². The normalized spacial score (nSPS) is 12.1. The van der Waals surface area contributed by atoms with Gasteiger partial charge in [-0.15, -0.1) is 0 Å². The van der Waals surface area contributed by atoms with Crippen molar-refractivity contribution in [3.05, 3.63) is 59.7 Å². The highest BCUT2D eigenvalue weighted by atomic mass is 19.1. The van der Waals surface area contributed by atoms with E-state index in [0.29, 0.717) is 6.54 Å². The highest BCUT2D eigenvalue weighted by molar-refractivity contribution is 5.94. The Morgan fingerprint density at radius 3 is 2.46 bits per heavy atom. The Labute approximate surface area is 140 Å². The number of ether oxygens (including phenoxy) is 1. The molecule has 0 heterocycles. The molecule has 0 fully saturated rings. The van der Waals surface area contributed by atoms with Crippen molar-refractivity contribution in [3.8, 4) is 5.75 Å². The first-order valence-corrected chi connectivity index (χ1v) is 7.50. The van der Waals surface area contributed by atoms with Crippen molar-refractivity contribution >= 4 is 11.6 Å². The van der Waals surface area contributed by atoms with Crippen LogP contribution in [0.25, 0.3) is 0 Å². The van der Waals surface area contributed by atoms with Crippen molar-refractivity contribution in [2.24, 2.45) is 0 Å². The number of nitrogens with zero attached hydrogens (tertiary/aromatic N) is 1. The van der Waals surface area contributed by atoms with Crippen molar-refractivity contribution < 1.29 is 18.3 Å². The molecule has 128 valence electrons. The van der Waals surface area contributed by atoms with Crippen molar-refractivity contribution in [2.75, 3.05) is 19.5 Å². The van der Waals surface area contributed by atoms with Crippen LogP contribution in [0.4, 0.5) is 14.5 Å². The molecule has 0 aliphatic rings. The number of amides is 1. The highest BCUT2D eigenvalue weighted by Gasteiger charge is 2.19. The fourth-order valence-corrected chi connectivity index (χ4v) is 2.18. The number of benzene rings is 2. The van der Waals surface area contributed by atoms with E-state index in [9.17, 15) is 13.6 Å². The number of halogens is 2. The van der Waals surface area contributed by atoms with Crippen molar-refractivity contribution in [1.82, 2.24) is 4.90 Å². The number of hydrogen-bond donors (Lipinski definition) is 1. The number of methoxy groups -OCH3 is 1. The number of anilines is 1. The fourth-order valence-electron chi connectivity index (χ4n) is 2.18. The van der Waals surface area contributed by atoms with Gasteiger partial charge in [0.15, 0.2) is 0 Å². The number of nitrogens with one attached hydrogen (secondary N) is 1. The summed E-state index contributed by atoms with van der Waals surface area (Å²) >= 11 is 0. The van der Waals surface area contributed by atoms with Gasteiger partial charge in [-0.1, -0.05) is 12.1 Å². The molecule has 1 unspecified atom stereocenters. The zero-order chi connectivity index (χ0) is 17.7. The van der Waals surface area contributed by atoms with Gasteiger partial charge in [0.25, 0.3) is 0 Å².